The molecule has 4 aliphatic heterocycles. The Kier molecular flexibility index (Phi) is 30.4. The fraction of sp³-hybridized carbons (Fsp3) is 0.460. The molecule has 4 heterocycles. The second-order valence-electron chi connectivity index (χ2n) is 36.8. The number of nitrogens with zero attached hydrogens (tertiary/aromatic N) is 1. The fourth-order valence-electron chi connectivity index (χ4n) is 20.1. The Morgan fingerprint density at radius 2 is 0.916 bits per heavy atom. The normalized spacial score (nSPS) is 27.8. The van der Waals surface area contributed by atoms with E-state index in [0.717, 1.165) is 19.3 Å². The molecule has 43 heteroatoms. The number of nitrogens with one attached hydrogen (secondary N) is 2. The molecule has 6 aliphatic carbocycles. The third kappa shape index (κ3) is 19.8. The monoisotopic (exact) mass is 2000 g/mol. The number of carbonyl (C=O) groups excluding carboxylic acids is 11. The van der Waals surface area contributed by atoms with Crippen LogP contribution in [0.15, 0.2) is 90.0 Å². The van der Waals surface area contributed by atoms with Crippen LogP contribution in [0.25, 0.3) is 0 Å². The highest BCUT2D eigenvalue weighted by atomic mass is 19.4. The molecule has 2 amide bonds. The number of ketones is 8. The first-order chi connectivity index (χ1) is 67.8. The van der Waals surface area contributed by atoms with Gasteiger partial charge in [0, 0.05) is 139 Å². The van der Waals surface area contributed by atoms with Gasteiger partial charge >= 0.3 is 18.1 Å². The Labute approximate surface area is 813 Å². The number of phenolic OH excluding ortho intramolecular Hbond substituents is 6. The van der Waals surface area contributed by atoms with Crippen molar-refractivity contribution in [2.45, 2.75) is 252 Å². The highest BCUT2D eigenvalue weighted by Gasteiger charge is 2.56. The van der Waals surface area contributed by atoms with Crippen LogP contribution in [-0.2, 0) is 81.1 Å². The smallest absolute Gasteiger partial charge is 0.471 e. The lowest BCUT2D eigenvalue weighted by Gasteiger charge is -2.43. The number of hydrazone groups is 1. The summed E-state index contributed by atoms with van der Waals surface area (Å²) in [5, 5.41) is 141. The van der Waals surface area contributed by atoms with Crippen molar-refractivity contribution in [1.29, 1.82) is 0 Å². The van der Waals surface area contributed by atoms with Crippen LogP contribution >= 0.6 is 0 Å². The Morgan fingerprint density at radius 3 is 1.33 bits per heavy atom. The number of rotatable bonds is 23. The summed E-state index contributed by atoms with van der Waals surface area (Å²) >= 11 is 0. The molecule has 143 heavy (non-hydrogen) atoms. The molecule has 7 aromatic carbocycles. The number of aromatic hydroxyl groups is 6. The minimum Gasteiger partial charge on any atom is -0.507 e. The van der Waals surface area contributed by atoms with Gasteiger partial charge in [-0.3, -0.25) is 52.7 Å². The van der Waals surface area contributed by atoms with Crippen LogP contribution in [0.5, 0.6) is 51.7 Å². The van der Waals surface area contributed by atoms with Crippen LogP contribution in [0, 0.1) is 0 Å². The SMILES string of the molecule is CCCCC(=O)OCC(=O)[C@]1(O)Cc2c(O)c3c(c(O)c2[C@@H](O[C@H]2C[C@H](NC(=O)C(F)(F)F)[C@H](O)[C@H](C)O2)C1)C(=O)c1c(OC)cccc1C3=O.COc1cccc2c1C(=O)c1c(O)c3c(c(O)c1C2=O)C[C@@](O)(/C(C)=N/NC(=O)c1ccccc1)C[C@@H]3O[C@H]1C[C@H](N)[C@H](O)[C@H](C)O1.COc1cccc2c1C(=O)c1c(O)c3c(c(O)c1C2=O)C[C@@](O)(C(=O)CO)C[C@@H]3O[C@H]1C[C@H](N)[C@H](O[C@@H]2CCCCO2)[C@H](C)O1. The summed E-state index contributed by atoms with van der Waals surface area (Å²) in [4.78, 5) is 146. The van der Waals surface area contributed by atoms with Gasteiger partial charge in [0.15, 0.2) is 54.9 Å². The first-order valence-electron chi connectivity index (χ1n) is 46.2. The number of esters is 1. The first-order valence-corrected chi connectivity index (χ1v) is 46.2. The number of fused-ring (bicyclic) bond motifs is 9. The van der Waals surface area contributed by atoms with Crippen LogP contribution in [0.2, 0.25) is 0 Å². The van der Waals surface area contributed by atoms with Crippen LogP contribution < -0.4 is 36.4 Å². The van der Waals surface area contributed by atoms with E-state index in [-0.39, 0.29) is 122 Å². The van der Waals surface area contributed by atoms with E-state index in [1.54, 1.807) is 49.5 Å². The molecule has 0 aromatic heterocycles. The summed E-state index contributed by atoms with van der Waals surface area (Å²) in [6, 6.07) is 18.5. The maximum Gasteiger partial charge on any atom is 0.471 e. The standard InChI is InChI=1S/C34H36F3NO13.C34H35N3O10.C32H37NO12/c1-4-5-9-21(40)49-13-20(39)33(47)11-16-24(19(12-33)51-22-10-17(27(41)14(2)50-22)38-32(46)34(35,36)37)31(45)26-25(29(16)43)28(42)15-7-6-8-18(48-3)23(15)30(26)44;1-15-28(38)20(35)12-23(46-15)47-22-14-34(44,16(2)36-37-33(43)17-8-5-4-6-9-17)13-19-25(22)32(42)27-26(30(19)40)29(39)18-10-7-11-21(45-3)24(18)31(27)41;1-14-31(45-21-8-3-4-9-42-21)17(33)10-22(43-14)44-19-12-32(40,20(35)13-34)11-16-24(19)30(39)26-25(28(16)37)27(36)15-6-5-7-18(41-2)23(15)29(26)38/h6-8,14,17,19,22,27,41,43,45,47H,4-5,9-13H2,1-3H3,(H,38,46);4-11,15,20,22-23,28,38,40,42,44H,12-14,35H2,1-3H3,(H,37,43);5-7,14,17,19,21-22,31,34,37,39-40H,3-4,8-13,33H2,1-2H3/b;36-16+;/t14-,17-,19-,22-,27+,33-;15-,20-,22-,23-,28+,34-;14-,17-,19-,21+,22-,31+,32-/m000/s1. The summed E-state index contributed by atoms with van der Waals surface area (Å²) in [5.41, 5.74) is 4.17. The van der Waals surface area contributed by atoms with E-state index in [4.69, 9.17) is 68.3 Å². The van der Waals surface area contributed by atoms with Gasteiger partial charge in [-0.25, -0.2) is 5.43 Å². The van der Waals surface area contributed by atoms with E-state index in [1.165, 1.54) is 89.8 Å². The molecule has 764 valence electrons. The van der Waals surface area contributed by atoms with Gasteiger partial charge in [-0.2, -0.15) is 18.3 Å². The van der Waals surface area contributed by atoms with Crippen molar-refractivity contribution in [2.24, 2.45) is 16.6 Å². The summed E-state index contributed by atoms with van der Waals surface area (Å²) in [5.74, 6) is -14.4. The number of ether oxygens (including phenoxy) is 12. The van der Waals surface area contributed by atoms with Gasteiger partial charge < -0.3 is 135 Å². The van der Waals surface area contributed by atoms with E-state index < -0.39 is 298 Å². The molecular weight excluding hydrogens is 1890 g/mol. The summed E-state index contributed by atoms with van der Waals surface area (Å²) in [6.07, 6.45) is -18.9. The first kappa shape index (κ1) is 105. The van der Waals surface area contributed by atoms with Gasteiger partial charge in [0.2, 0.25) is 23.1 Å². The zero-order valence-corrected chi connectivity index (χ0v) is 78.5. The van der Waals surface area contributed by atoms with Gasteiger partial charge in [0.05, 0.1) is 126 Å². The van der Waals surface area contributed by atoms with Crippen molar-refractivity contribution in [3.8, 4) is 51.7 Å². The van der Waals surface area contributed by atoms with Crippen molar-refractivity contribution in [3.05, 3.63) is 191 Å². The zero-order chi connectivity index (χ0) is 104. The van der Waals surface area contributed by atoms with E-state index in [2.05, 4.69) is 10.5 Å². The number of amides is 2. The minimum atomic E-state index is -5.29. The number of benzene rings is 7. The highest BCUT2D eigenvalue weighted by molar-refractivity contribution is 6.34. The maximum absolute atomic E-state index is 13.9. The number of alkyl halides is 3. The van der Waals surface area contributed by atoms with Gasteiger partial charge in [-0.1, -0.05) is 67.9 Å². The Balaban J connectivity index is 0.000000162. The van der Waals surface area contributed by atoms with Crippen LogP contribution in [-0.4, -0.2) is 275 Å². The van der Waals surface area contributed by atoms with E-state index in [9.17, 15) is 127 Å². The average molecular weight is 2000 g/mol. The number of hydrogen-bond donors (Lipinski definition) is 16. The molecule has 0 spiro atoms. The third-order valence-electron chi connectivity index (χ3n) is 27.7. The quantitative estimate of drug-likeness (QED) is 0.0145. The van der Waals surface area contributed by atoms with Gasteiger partial charge in [-0.05, 0) is 83.7 Å². The van der Waals surface area contributed by atoms with E-state index in [0.29, 0.717) is 25.0 Å². The Hall–Kier alpha value is -12.7. The number of unbranched alkanes of at least 4 members (excludes halogenated alkanes) is 1. The number of aliphatic hydroxyl groups is 6. The molecule has 0 bridgehead atoms. The zero-order valence-electron chi connectivity index (χ0n) is 78.5. The lowest BCUT2D eigenvalue weighted by Crippen LogP contribution is -2.57. The molecule has 18 N–H and O–H groups in total. The number of phenols is 6. The Morgan fingerprint density at radius 1 is 0.503 bits per heavy atom. The van der Waals surface area contributed by atoms with Crippen molar-refractivity contribution < 1.29 is 184 Å². The molecule has 40 nitrogen and oxygen atoms in total. The summed E-state index contributed by atoms with van der Waals surface area (Å²) in [7, 11) is 3.93. The number of hydrogen-bond acceptors (Lipinski definition) is 38. The highest BCUT2D eigenvalue weighted by Crippen LogP contribution is 2.58. The van der Waals surface area contributed by atoms with E-state index >= 15 is 0 Å². The molecule has 0 saturated carbocycles. The number of aliphatic hydroxyl groups excluding tert-OH is 3. The summed E-state index contributed by atoms with van der Waals surface area (Å²) < 4.78 is 108. The molecule has 19 atom stereocenters. The van der Waals surface area contributed by atoms with Gasteiger partial charge in [0.1, 0.15) is 87.4 Å². The number of halogens is 3. The molecule has 0 radical (unpaired) electrons. The molecule has 17 rings (SSSR count). The summed E-state index contributed by atoms with van der Waals surface area (Å²) in [6.45, 7) is 6.65. The molecule has 4 saturated heterocycles. The van der Waals surface area contributed by atoms with Crippen molar-refractivity contribution >= 4 is 69.8 Å². The van der Waals surface area contributed by atoms with Crippen molar-refractivity contribution in [1.82, 2.24) is 10.7 Å². The Bertz CT molecular complexity index is 6280. The van der Waals surface area contributed by atoms with Crippen LogP contribution in [0.1, 0.15) is 269 Å². The number of nitrogens with two attached hydrogens (primary N) is 2. The predicted molar refractivity (Wildman–Crippen MR) is 486 cm³/mol. The van der Waals surface area contributed by atoms with Gasteiger partial charge in [0.25, 0.3) is 5.91 Å². The molecule has 0 unspecified atom stereocenters. The van der Waals surface area contributed by atoms with Crippen molar-refractivity contribution in [2.75, 3.05) is 41.2 Å². The minimum absolute atomic E-state index is 0.00489. The third-order valence-corrected chi connectivity index (χ3v) is 27.7. The molecular formula is C100H108F3N5O35. The topological polar surface area (TPSA) is 630 Å². The van der Waals surface area contributed by atoms with Crippen molar-refractivity contribution in [3.63, 3.8) is 0 Å². The fourth-order valence-corrected chi connectivity index (χ4v) is 20.1. The lowest BCUT2D eigenvalue weighted by atomic mass is 9.71. The maximum atomic E-state index is 13.9. The number of Topliss-reactive ketones (excluding diaryl/α,β-unsaturated/α-hetero) is 2. The molecule has 4 fully saturated rings. The second kappa shape index (κ2) is 41.6. The second-order valence-corrected chi connectivity index (χ2v) is 36.8. The van der Waals surface area contributed by atoms with E-state index in [1.807, 2.05) is 6.92 Å². The lowest BCUT2D eigenvalue weighted by molar-refractivity contribution is -0.281. The predicted octanol–water partition coefficient (Wildman–Crippen LogP) is 6.26. The van der Waals surface area contributed by atoms with Crippen LogP contribution in [0.4, 0.5) is 13.2 Å². The molecule has 7 aromatic rings. The number of methoxy groups -OCH3 is 3. The largest absolute Gasteiger partial charge is 0.507 e. The number of carbonyl (C=O) groups is 11. The van der Waals surface area contributed by atoms with Crippen LogP contribution in [0.3, 0.4) is 0 Å². The molecule has 10 aliphatic rings. The van der Waals surface area contributed by atoms with Gasteiger partial charge in [-0.15, -0.1) is 0 Å². The average Bonchev–Trinajstić information content (AvgIpc) is 0.715.